The van der Waals surface area contributed by atoms with Crippen LogP contribution in [0.2, 0.25) is 0 Å². The fourth-order valence-corrected chi connectivity index (χ4v) is 19.1. The predicted octanol–water partition coefficient (Wildman–Crippen LogP) is 21.6. The first-order valence-corrected chi connectivity index (χ1v) is 53.7. The van der Waals surface area contributed by atoms with E-state index in [2.05, 4.69) is 347 Å². The Morgan fingerprint density at radius 1 is 0.319 bits per heavy atom. The van der Waals surface area contributed by atoms with Crippen LogP contribution in [-0.4, -0.2) is 440 Å². The summed E-state index contributed by atoms with van der Waals surface area (Å²) in [5.74, 6) is 5.33. The van der Waals surface area contributed by atoms with E-state index >= 15 is 0 Å². The molecule has 16 aliphatic rings. The maximum Gasteiger partial charge on any atom is 0.125 e. The molecule has 0 aromatic carbocycles. The molecule has 15 saturated heterocycles. The van der Waals surface area contributed by atoms with Crippen molar-refractivity contribution in [2.45, 2.75) is 494 Å². The van der Waals surface area contributed by atoms with Crippen molar-refractivity contribution in [3.05, 3.63) is 0 Å². The van der Waals surface area contributed by atoms with Crippen molar-refractivity contribution in [1.29, 1.82) is 0 Å². The molecular formula is C116H262F2N18O2. The minimum Gasteiger partial charge on any atom is -0.392 e. The summed E-state index contributed by atoms with van der Waals surface area (Å²) in [7, 11) is 8.66. The largest absolute Gasteiger partial charge is 0.392 e. The Morgan fingerprint density at radius 3 is 0.862 bits per heavy atom. The lowest BCUT2D eigenvalue weighted by molar-refractivity contribution is -0.0569. The molecule has 0 aromatic rings. The number of hydrogen-bond donors (Lipinski definition) is 4. The number of alkyl halides is 2. The van der Waals surface area contributed by atoms with Crippen molar-refractivity contribution in [3.63, 3.8) is 0 Å². The standard InChI is InChI=1S/C10H19N.C9H20N2.C8H16FN.C8H16N2.2C8H18N2.3C8H17N.C7H15NO.C7H15N.C6H12FN.C6H13NO.C6H13N.9CH4/c1-8(2)11-6-5-10(7-11)9-3-4-9;1-8(2)11-6-5-9(7-11)10(3)4;1-6(2)10-4-7(3)8(9)5-10;1-7(2)10-5-8(6-10)3-9-4-8;1-7(2)10-5-8(6-10)9(3)4;1-7(2)10-5-4-8(3,9)6-10;1-7(2)9-5-8(3,4)6-9;1-7(2)9-5-4-8(3)6-9;1-4-8-5-9(6-8)7(2)3;1-6(2)8-4-3-7(9)5-8;1-6(2)8-4-7(3)5-8;1-5(2)8-3-6(7)4-8;1-5(2)7-3-6(8)4-7;1-6(2)7-4-3-5-7;;;;;;;;;/h8-10H,3-7H2,1-2H3;8-9H,5-7H2,1-4H3;6-8H,4-5H2,1-3H3;7,9H,3-6H2,1-2H3;7-8H,5-6H2,1-4H3;7H,4-6,9H2,1-3H3;7H,5-6H2,1-4H3;2*7-8H,4-6H2,1-3H3;6-7,9H,3-5H2,1-2H3;6-7H,4-5H2,1-3H3;5-6H,3-4H2,1-2H3;5-6,8H,3-4H2,1-2H3;6H,3-5H2,1-2H3;9*1H4/t;9-;;;;;;8-;;7-;;;;;;;;;;;;;/m.1.....1.1............./s1. The van der Waals surface area contributed by atoms with Crippen LogP contribution >= 0.6 is 0 Å². The Kier molecular flexibility index (Phi) is 80.5. The van der Waals surface area contributed by atoms with Gasteiger partial charge in [-0.3, -0.25) is 44.1 Å². The van der Waals surface area contributed by atoms with Gasteiger partial charge in [0.2, 0.25) is 0 Å². The number of aliphatic hydroxyl groups excluding tert-OH is 2. The van der Waals surface area contributed by atoms with E-state index in [1.54, 1.807) is 0 Å². The SMILES string of the molecule is C.C.C.C.C.C.C.C.C.CC(C)N1CC(C)(C)C1.CC(C)N1CC(F)C1.CC(C)N1CC(N(C)C)C1.CC(C)N1CC(O)C1.CC(C)N1CC2(CNC2)C1.CC(C)N1CCC(C)(N)C1.CC(C)N1CCC(C2CC2)C1.CC(C)N1CCC1.CC(C)N1CC[C@@H](C)C1.CC(C)N1CC[C@@H](N(C)C)C1.CC(C)N1CC[C@@H](O)C1.CC1CN(C(C)C)C1.CC1CN(C(C)C)CC1F.CCC1CN(C(C)C)C1. The molecule has 0 amide bonds. The Balaban J connectivity index is -0.000000267. The minimum atomic E-state index is -0.595. The number of nitrogens with zero attached hydrogens (tertiary/aromatic N) is 16. The van der Waals surface area contributed by atoms with Gasteiger partial charge in [0.15, 0.2) is 0 Å². The van der Waals surface area contributed by atoms with Gasteiger partial charge in [-0.15, -0.1) is 0 Å². The molecule has 4 unspecified atom stereocenters. The van der Waals surface area contributed by atoms with Crippen LogP contribution in [0.5, 0.6) is 0 Å². The van der Waals surface area contributed by atoms with Crippen molar-refractivity contribution < 1.29 is 19.0 Å². The molecule has 1 saturated carbocycles. The van der Waals surface area contributed by atoms with Crippen LogP contribution < -0.4 is 11.1 Å². The first-order valence-electron chi connectivity index (χ1n) is 53.7. The molecule has 20 nitrogen and oxygen atoms in total. The highest BCUT2D eigenvalue weighted by Crippen LogP contribution is 2.42. The number of likely N-dealkylation sites (N-methyl/N-ethyl adjacent to an activating group) is 2. The number of nitrogens with one attached hydrogen (secondary N) is 1. The average Bonchev–Trinajstić information content (AvgIpc) is 0.811. The van der Waals surface area contributed by atoms with Crippen LogP contribution in [0.1, 0.15) is 367 Å². The van der Waals surface area contributed by atoms with Crippen molar-refractivity contribution in [2.75, 3.05) is 225 Å². The van der Waals surface area contributed by atoms with Crippen LogP contribution in [0.4, 0.5) is 8.78 Å². The maximum absolute atomic E-state index is 12.9. The van der Waals surface area contributed by atoms with E-state index in [4.69, 9.17) is 15.9 Å². The first-order chi connectivity index (χ1) is 59.9. The number of aliphatic hydroxyl groups is 2. The monoisotopic (exact) mass is 1980 g/mol. The van der Waals surface area contributed by atoms with Crippen molar-refractivity contribution in [2.24, 2.45) is 52.1 Å². The predicted molar refractivity (Wildman–Crippen MR) is 618 cm³/mol. The highest BCUT2D eigenvalue weighted by atomic mass is 19.1. The van der Waals surface area contributed by atoms with Crippen LogP contribution in [0.15, 0.2) is 0 Å². The Labute approximate surface area is 868 Å². The summed E-state index contributed by atoms with van der Waals surface area (Å²) in [5.41, 5.74) is 7.35. The molecule has 0 radical (unpaired) electrons. The molecule has 138 heavy (non-hydrogen) atoms. The zero-order valence-corrected chi connectivity index (χ0v) is 93.0. The molecule has 0 aromatic heterocycles. The van der Waals surface area contributed by atoms with Gasteiger partial charge in [-0.25, -0.2) is 8.78 Å². The Morgan fingerprint density at radius 2 is 0.652 bits per heavy atom. The van der Waals surface area contributed by atoms with Gasteiger partial charge >= 0.3 is 0 Å². The summed E-state index contributed by atoms with van der Waals surface area (Å²) in [5, 5.41) is 21.3. The Hall–Kier alpha value is -0.940. The summed E-state index contributed by atoms with van der Waals surface area (Å²) in [6.45, 7) is 113. The number of β-amino-alcohol motifs (C(OH)–C–C–N with tert-alkyl or cyclic N) is 2. The van der Waals surface area contributed by atoms with Gasteiger partial charge in [0.1, 0.15) is 12.3 Å². The second-order valence-electron chi connectivity index (χ2n) is 48.7. The van der Waals surface area contributed by atoms with Gasteiger partial charge in [-0.05, 0) is 342 Å². The zero-order chi connectivity index (χ0) is 98.0. The number of hydrogen-bond acceptors (Lipinski definition) is 20. The molecular weight excluding hydrogens is 1720 g/mol. The van der Waals surface area contributed by atoms with E-state index in [0.29, 0.717) is 60.7 Å². The van der Waals surface area contributed by atoms with Crippen LogP contribution in [0.25, 0.3) is 0 Å². The second-order valence-corrected chi connectivity index (χ2v) is 48.7. The van der Waals surface area contributed by atoms with Crippen LogP contribution in [0, 0.1) is 46.3 Å². The molecule has 1 aliphatic carbocycles. The maximum atomic E-state index is 12.9. The molecule has 7 atom stereocenters. The third-order valence-corrected chi connectivity index (χ3v) is 30.7. The zero-order valence-electron chi connectivity index (χ0n) is 93.0. The highest BCUT2D eigenvalue weighted by Gasteiger charge is 2.48. The molecule has 16 fully saturated rings. The summed E-state index contributed by atoms with van der Waals surface area (Å²) >= 11 is 0. The topological polar surface area (TPSA) is 130 Å². The summed E-state index contributed by atoms with van der Waals surface area (Å²) < 4.78 is 25.0. The van der Waals surface area contributed by atoms with Gasteiger partial charge < -0.3 is 55.6 Å². The highest BCUT2D eigenvalue weighted by molar-refractivity contribution is 5.05. The lowest BCUT2D eigenvalue weighted by atomic mass is 9.74. The molecule has 15 heterocycles. The summed E-state index contributed by atoms with van der Waals surface area (Å²) in [4.78, 5) is 38.7. The fourth-order valence-electron chi connectivity index (χ4n) is 19.1. The van der Waals surface area contributed by atoms with E-state index in [-0.39, 0.29) is 90.5 Å². The molecule has 5 N–H and O–H groups in total. The molecule has 842 valence electrons. The lowest BCUT2D eigenvalue weighted by Crippen LogP contribution is -2.72. The molecule has 0 bridgehead atoms. The van der Waals surface area contributed by atoms with E-state index < -0.39 is 12.3 Å². The van der Waals surface area contributed by atoms with Crippen molar-refractivity contribution >= 4 is 0 Å². The van der Waals surface area contributed by atoms with E-state index in [9.17, 15) is 8.78 Å². The minimum absolute atomic E-state index is 0. The van der Waals surface area contributed by atoms with Crippen LogP contribution in [0.3, 0.4) is 0 Å². The number of rotatable bonds is 18. The normalized spacial score (nSPS) is 26.3. The Bertz CT molecular complexity index is 2620. The molecule has 1 spiro atoms. The van der Waals surface area contributed by atoms with Crippen LogP contribution in [-0.2, 0) is 0 Å². The van der Waals surface area contributed by atoms with E-state index in [1.807, 2.05) is 6.92 Å². The van der Waals surface area contributed by atoms with E-state index in [0.717, 1.165) is 148 Å². The van der Waals surface area contributed by atoms with Gasteiger partial charge in [-0.1, -0.05) is 115 Å². The lowest BCUT2D eigenvalue weighted by Gasteiger charge is -2.57. The quantitative estimate of drug-likeness (QED) is 0.104. The van der Waals surface area contributed by atoms with Crippen molar-refractivity contribution in [1.82, 2.24) is 83.7 Å². The molecule has 16 rings (SSSR count). The second kappa shape index (κ2) is 74.1. The van der Waals surface area contributed by atoms with Crippen molar-refractivity contribution in [3.8, 4) is 0 Å². The number of likely N-dealkylation sites (tertiary alicyclic amines) is 14. The summed E-state index contributed by atoms with van der Waals surface area (Å²) in [6, 6.07) is 11.3. The first kappa shape index (κ1) is 150. The smallest absolute Gasteiger partial charge is 0.125 e. The van der Waals surface area contributed by atoms with Gasteiger partial charge in [0, 0.05) is 284 Å². The summed E-state index contributed by atoms with van der Waals surface area (Å²) in [6.07, 6.45) is 10.9. The third kappa shape index (κ3) is 57.7. The average molecular weight is 1980 g/mol. The van der Waals surface area contributed by atoms with Gasteiger partial charge in [0.05, 0.1) is 12.2 Å². The van der Waals surface area contributed by atoms with Gasteiger partial charge in [0.25, 0.3) is 0 Å². The third-order valence-electron chi connectivity index (χ3n) is 30.7. The fraction of sp³-hybridized carbons (Fsp3) is 1.00. The van der Waals surface area contributed by atoms with E-state index in [1.165, 1.54) is 182 Å². The molecule has 22 heteroatoms. The number of halogens is 2. The molecule has 15 aliphatic heterocycles. The van der Waals surface area contributed by atoms with Gasteiger partial charge in [-0.2, -0.15) is 0 Å². The number of nitrogens with two attached hydrogens (primary N) is 1.